The number of ether oxygens (including phenoxy) is 2. The Hall–Kier alpha value is -4.91. The van der Waals surface area contributed by atoms with E-state index >= 15 is 0 Å². The fourth-order valence-electron chi connectivity index (χ4n) is 3.62. The lowest BCUT2D eigenvalue weighted by molar-refractivity contribution is -0.394. The molecule has 3 aromatic carbocycles. The van der Waals surface area contributed by atoms with Gasteiger partial charge in [0.25, 0.3) is 11.4 Å². The molecule has 1 N–H and O–H groups in total. The van der Waals surface area contributed by atoms with Gasteiger partial charge in [-0.2, -0.15) is 0 Å². The summed E-state index contributed by atoms with van der Waals surface area (Å²) in [6.07, 6.45) is 2.22. The Labute approximate surface area is 215 Å². The van der Waals surface area contributed by atoms with Crippen molar-refractivity contribution in [3.63, 3.8) is 0 Å². The zero-order valence-electron chi connectivity index (χ0n) is 19.8. The molecule has 0 spiro atoms. The molecular formula is C25H22N4O9. The maximum Gasteiger partial charge on any atom is 0.323 e. The predicted molar refractivity (Wildman–Crippen MR) is 133 cm³/mol. The SMILES string of the molecule is O=C(OCc1ccc([N+](=O)[O-])cc1)[C@H](Cc1ccc(Oc2ccc([N+](=O)[O-])cc2[N+](=O)[O-])cc1)NC1CC1. The van der Waals surface area contributed by atoms with Crippen molar-refractivity contribution in [2.75, 3.05) is 0 Å². The molecule has 0 aliphatic heterocycles. The predicted octanol–water partition coefficient (Wildman–Crippen LogP) is 4.61. The lowest BCUT2D eigenvalue weighted by Crippen LogP contribution is -2.41. The first-order chi connectivity index (χ1) is 18.2. The fourth-order valence-corrected chi connectivity index (χ4v) is 3.62. The van der Waals surface area contributed by atoms with Gasteiger partial charge in [0.15, 0.2) is 0 Å². The summed E-state index contributed by atoms with van der Waals surface area (Å²) in [4.78, 5) is 43.9. The van der Waals surface area contributed by atoms with Crippen molar-refractivity contribution in [3.05, 3.63) is 108 Å². The van der Waals surface area contributed by atoms with E-state index in [1.807, 2.05) is 0 Å². The van der Waals surface area contributed by atoms with Crippen LogP contribution in [0.25, 0.3) is 0 Å². The molecule has 38 heavy (non-hydrogen) atoms. The number of carbonyl (C=O) groups is 1. The van der Waals surface area contributed by atoms with Crippen molar-refractivity contribution in [2.24, 2.45) is 0 Å². The maximum atomic E-state index is 12.8. The average Bonchev–Trinajstić information content (AvgIpc) is 3.72. The molecule has 196 valence electrons. The number of nitrogens with one attached hydrogen (secondary N) is 1. The second-order valence-electron chi connectivity index (χ2n) is 8.64. The molecule has 0 saturated heterocycles. The van der Waals surface area contributed by atoms with Crippen LogP contribution in [0.2, 0.25) is 0 Å². The van der Waals surface area contributed by atoms with Crippen LogP contribution >= 0.6 is 0 Å². The quantitative estimate of drug-likeness (QED) is 0.201. The van der Waals surface area contributed by atoms with Crippen molar-refractivity contribution in [1.29, 1.82) is 0 Å². The van der Waals surface area contributed by atoms with Crippen molar-refractivity contribution in [3.8, 4) is 11.5 Å². The molecule has 0 aromatic heterocycles. The van der Waals surface area contributed by atoms with Gasteiger partial charge in [-0.05, 0) is 60.7 Å². The zero-order chi connectivity index (χ0) is 27.2. The summed E-state index contributed by atoms with van der Waals surface area (Å²) < 4.78 is 11.0. The molecule has 1 aliphatic carbocycles. The summed E-state index contributed by atoms with van der Waals surface area (Å²) in [5.74, 6) is -0.327. The maximum absolute atomic E-state index is 12.8. The summed E-state index contributed by atoms with van der Waals surface area (Å²) in [6.45, 7) is -0.0273. The lowest BCUT2D eigenvalue weighted by Gasteiger charge is -2.18. The number of hydrogen-bond acceptors (Lipinski definition) is 10. The van der Waals surface area contributed by atoms with Crippen LogP contribution in [0, 0.1) is 30.3 Å². The second kappa shape index (κ2) is 11.4. The van der Waals surface area contributed by atoms with Gasteiger partial charge >= 0.3 is 11.7 Å². The van der Waals surface area contributed by atoms with Crippen LogP contribution in [0.5, 0.6) is 11.5 Å². The fraction of sp³-hybridized carbons (Fsp3) is 0.240. The largest absolute Gasteiger partial charge is 0.460 e. The van der Waals surface area contributed by atoms with Crippen LogP contribution in [0.3, 0.4) is 0 Å². The normalized spacial score (nSPS) is 13.4. The number of esters is 1. The van der Waals surface area contributed by atoms with Gasteiger partial charge in [0.05, 0.1) is 20.8 Å². The van der Waals surface area contributed by atoms with E-state index in [1.165, 1.54) is 30.3 Å². The molecule has 0 bridgehead atoms. The highest BCUT2D eigenvalue weighted by molar-refractivity contribution is 5.76. The Morgan fingerprint density at radius 1 is 0.842 bits per heavy atom. The topological polar surface area (TPSA) is 177 Å². The van der Waals surface area contributed by atoms with Crippen molar-refractivity contribution < 1.29 is 29.0 Å². The Balaban J connectivity index is 1.40. The number of nitro groups is 3. The standard InChI is InChI=1S/C25H22N4O9/c30-25(37-15-17-1-7-19(8-2-17)27(31)32)22(26-18-5-6-18)13-16-3-10-21(11-4-16)38-24-12-9-20(28(33)34)14-23(24)29(35)36/h1-4,7-12,14,18,22,26H,5-6,13,15H2/t22-/m0/s1. The minimum absolute atomic E-state index is 0.0273. The van der Waals surface area contributed by atoms with Gasteiger partial charge in [-0.15, -0.1) is 0 Å². The smallest absolute Gasteiger partial charge is 0.323 e. The number of rotatable bonds is 12. The van der Waals surface area contributed by atoms with Gasteiger partial charge in [0, 0.05) is 24.2 Å². The Morgan fingerprint density at radius 3 is 2.03 bits per heavy atom. The minimum atomic E-state index is -0.757. The molecule has 0 amide bonds. The van der Waals surface area contributed by atoms with Gasteiger partial charge in [-0.1, -0.05) is 12.1 Å². The average molecular weight is 522 g/mol. The van der Waals surface area contributed by atoms with Gasteiger partial charge in [-0.3, -0.25) is 35.1 Å². The molecule has 13 heteroatoms. The van der Waals surface area contributed by atoms with Gasteiger partial charge in [0.2, 0.25) is 5.75 Å². The van der Waals surface area contributed by atoms with Crippen LogP contribution in [0.15, 0.2) is 66.7 Å². The Morgan fingerprint density at radius 2 is 1.45 bits per heavy atom. The van der Waals surface area contributed by atoms with Crippen molar-refractivity contribution in [2.45, 2.75) is 38.0 Å². The van der Waals surface area contributed by atoms with Gasteiger partial charge in [0.1, 0.15) is 18.4 Å². The van der Waals surface area contributed by atoms with Gasteiger partial charge in [-0.25, -0.2) is 0 Å². The molecule has 1 fully saturated rings. The number of non-ortho nitro benzene ring substituents is 2. The Bertz CT molecular complexity index is 1360. The first-order valence-electron chi connectivity index (χ1n) is 11.6. The summed E-state index contributed by atoms with van der Waals surface area (Å²) in [5.41, 5.74) is 0.391. The number of hydrogen-bond donors (Lipinski definition) is 1. The molecule has 0 unspecified atom stereocenters. The third-order valence-corrected chi connectivity index (χ3v) is 5.77. The third kappa shape index (κ3) is 6.85. The second-order valence-corrected chi connectivity index (χ2v) is 8.64. The van der Waals surface area contributed by atoms with Crippen LogP contribution < -0.4 is 10.1 Å². The van der Waals surface area contributed by atoms with E-state index in [2.05, 4.69) is 5.32 Å². The summed E-state index contributed by atoms with van der Waals surface area (Å²) in [6, 6.07) is 15.0. The summed E-state index contributed by atoms with van der Waals surface area (Å²) in [7, 11) is 0. The van der Waals surface area contributed by atoms with Crippen LogP contribution in [0.1, 0.15) is 24.0 Å². The van der Waals surface area contributed by atoms with Crippen LogP contribution in [0.4, 0.5) is 17.1 Å². The molecule has 0 radical (unpaired) electrons. The van der Waals surface area contributed by atoms with Gasteiger partial charge < -0.3 is 14.8 Å². The first kappa shape index (κ1) is 26.2. The summed E-state index contributed by atoms with van der Waals surface area (Å²) in [5, 5.41) is 36.3. The number of benzene rings is 3. The molecule has 3 aromatic rings. The van der Waals surface area contributed by atoms with Crippen LogP contribution in [-0.4, -0.2) is 32.8 Å². The minimum Gasteiger partial charge on any atom is -0.460 e. The molecule has 1 aliphatic rings. The van der Waals surface area contributed by atoms with E-state index in [0.717, 1.165) is 30.5 Å². The van der Waals surface area contributed by atoms with E-state index in [-0.39, 0.29) is 29.8 Å². The van der Waals surface area contributed by atoms with E-state index < -0.39 is 38.2 Å². The van der Waals surface area contributed by atoms with E-state index in [9.17, 15) is 35.1 Å². The molecule has 1 saturated carbocycles. The molecule has 1 atom stereocenters. The third-order valence-electron chi connectivity index (χ3n) is 5.77. The monoisotopic (exact) mass is 522 g/mol. The zero-order valence-corrected chi connectivity index (χ0v) is 19.8. The highest BCUT2D eigenvalue weighted by atomic mass is 16.6. The summed E-state index contributed by atoms with van der Waals surface area (Å²) >= 11 is 0. The molecule has 4 rings (SSSR count). The number of carbonyl (C=O) groups excluding carboxylic acids is 1. The van der Waals surface area contributed by atoms with Crippen LogP contribution in [-0.2, 0) is 22.6 Å². The first-order valence-corrected chi connectivity index (χ1v) is 11.6. The van der Waals surface area contributed by atoms with E-state index in [0.29, 0.717) is 12.0 Å². The molecule has 0 heterocycles. The lowest BCUT2D eigenvalue weighted by atomic mass is 10.1. The highest BCUT2D eigenvalue weighted by Crippen LogP contribution is 2.34. The van der Waals surface area contributed by atoms with Crippen molar-refractivity contribution in [1.82, 2.24) is 5.32 Å². The number of nitro benzene ring substituents is 3. The van der Waals surface area contributed by atoms with Crippen molar-refractivity contribution >= 4 is 23.0 Å². The molecular weight excluding hydrogens is 500 g/mol. The highest BCUT2D eigenvalue weighted by Gasteiger charge is 2.29. The van der Waals surface area contributed by atoms with E-state index in [4.69, 9.17) is 9.47 Å². The molecule has 13 nitrogen and oxygen atoms in total. The Kier molecular flexibility index (Phi) is 7.87. The van der Waals surface area contributed by atoms with E-state index in [1.54, 1.807) is 24.3 Å². The number of nitrogens with zero attached hydrogens (tertiary/aromatic N) is 3.